The summed E-state index contributed by atoms with van der Waals surface area (Å²) < 4.78 is 11.6. The van der Waals surface area contributed by atoms with E-state index < -0.39 is 5.41 Å². The molecular weight excluding hydrogens is 504 g/mol. The smallest absolute Gasteiger partial charge is 0.127 e. The van der Waals surface area contributed by atoms with E-state index in [0.29, 0.717) is 28.2 Å². The molecule has 0 unspecified atom stereocenters. The third-order valence-corrected chi connectivity index (χ3v) is 7.40. The molecule has 6 heteroatoms. The third-order valence-electron chi connectivity index (χ3n) is 7.40. The summed E-state index contributed by atoms with van der Waals surface area (Å²) in [5, 5.41) is 42.4. The van der Waals surface area contributed by atoms with Crippen molar-refractivity contribution in [1.82, 2.24) is 0 Å². The molecule has 0 aliphatic heterocycles. The van der Waals surface area contributed by atoms with Gasteiger partial charge < -0.3 is 29.9 Å². The second-order valence-corrected chi connectivity index (χ2v) is 9.72. The molecule has 0 spiro atoms. The minimum Gasteiger partial charge on any atom is -0.508 e. The van der Waals surface area contributed by atoms with Gasteiger partial charge in [-0.3, -0.25) is 0 Å². The Hall–Kier alpha value is -5.10. The number of methoxy groups -OCH3 is 2. The van der Waals surface area contributed by atoms with Crippen molar-refractivity contribution in [2.45, 2.75) is 12.3 Å². The van der Waals surface area contributed by atoms with Crippen molar-refractivity contribution in [3.63, 3.8) is 0 Å². The number of ether oxygens (including phenoxy) is 2. The molecular formula is C34H30O6. The number of phenolic OH excluding ortho intramolecular Hbond substituents is 4. The molecule has 0 bridgehead atoms. The largest absolute Gasteiger partial charge is 0.508 e. The van der Waals surface area contributed by atoms with Crippen molar-refractivity contribution in [3.05, 3.63) is 120 Å². The molecule has 0 saturated heterocycles. The highest BCUT2D eigenvalue weighted by Gasteiger charge is 2.41. The van der Waals surface area contributed by atoms with Crippen molar-refractivity contribution >= 4 is 0 Å². The molecule has 6 nitrogen and oxygen atoms in total. The Balaban J connectivity index is 1.85. The van der Waals surface area contributed by atoms with Crippen LogP contribution in [0.4, 0.5) is 0 Å². The van der Waals surface area contributed by atoms with Crippen molar-refractivity contribution in [1.29, 1.82) is 0 Å². The Bertz CT molecular complexity index is 1540. The molecule has 5 aromatic carbocycles. The fraction of sp³-hybridized carbons (Fsp3) is 0.118. The zero-order valence-corrected chi connectivity index (χ0v) is 22.4. The van der Waals surface area contributed by atoms with Crippen LogP contribution in [0, 0.1) is 0 Å². The number of hydrogen-bond donors (Lipinski definition) is 4. The highest BCUT2D eigenvalue weighted by Crippen LogP contribution is 2.53. The first-order valence-corrected chi connectivity index (χ1v) is 12.7. The normalized spacial score (nSPS) is 11.3. The first-order valence-electron chi connectivity index (χ1n) is 12.7. The lowest BCUT2D eigenvalue weighted by atomic mass is 9.68. The molecule has 0 heterocycles. The summed E-state index contributed by atoms with van der Waals surface area (Å²) in [7, 11) is 3.14. The van der Waals surface area contributed by atoms with Gasteiger partial charge in [0.2, 0.25) is 0 Å². The molecule has 5 rings (SSSR count). The monoisotopic (exact) mass is 534 g/mol. The van der Waals surface area contributed by atoms with Gasteiger partial charge in [-0.25, -0.2) is 0 Å². The summed E-state index contributed by atoms with van der Waals surface area (Å²) in [6.07, 6.45) is 0. The molecule has 4 N–H and O–H groups in total. The van der Waals surface area contributed by atoms with Crippen LogP contribution in [0.15, 0.2) is 103 Å². The van der Waals surface area contributed by atoms with Gasteiger partial charge in [-0.2, -0.15) is 0 Å². The molecule has 0 saturated carbocycles. The standard InChI is InChI=1S/C34H30O6/c1-34(33-31(39-2)5-4-6-32(33)40-3,27-19-23(11-17-29(27)37)21-7-13-25(35)14-8-21)28-20-24(12-18-30(28)38)22-9-15-26(36)16-10-22/h4-20,35-38H,1-3H3. The van der Waals surface area contributed by atoms with E-state index in [-0.39, 0.29) is 23.0 Å². The van der Waals surface area contributed by atoms with Crippen molar-refractivity contribution in [2.75, 3.05) is 14.2 Å². The highest BCUT2D eigenvalue weighted by molar-refractivity contribution is 5.74. The van der Waals surface area contributed by atoms with Crippen molar-refractivity contribution in [3.8, 4) is 56.8 Å². The predicted molar refractivity (Wildman–Crippen MR) is 156 cm³/mol. The number of hydrogen-bond acceptors (Lipinski definition) is 6. The van der Waals surface area contributed by atoms with Crippen LogP contribution in [0.1, 0.15) is 23.6 Å². The van der Waals surface area contributed by atoms with Gasteiger partial charge in [0, 0.05) is 11.1 Å². The van der Waals surface area contributed by atoms with E-state index in [1.807, 2.05) is 37.3 Å². The summed E-state index contributed by atoms with van der Waals surface area (Å²) in [5.74, 6) is 1.39. The Labute approximate surface area is 233 Å². The van der Waals surface area contributed by atoms with Crippen LogP contribution >= 0.6 is 0 Å². The van der Waals surface area contributed by atoms with E-state index >= 15 is 0 Å². The molecule has 40 heavy (non-hydrogen) atoms. The number of phenols is 4. The Morgan fingerprint density at radius 1 is 0.500 bits per heavy atom. The van der Waals surface area contributed by atoms with Gasteiger partial charge in [0.1, 0.15) is 34.5 Å². The van der Waals surface area contributed by atoms with Crippen LogP contribution in [-0.4, -0.2) is 34.6 Å². The van der Waals surface area contributed by atoms with Gasteiger partial charge in [0.25, 0.3) is 0 Å². The van der Waals surface area contributed by atoms with Crippen molar-refractivity contribution < 1.29 is 29.9 Å². The minimum atomic E-state index is -1.17. The highest BCUT2D eigenvalue weighted by atomic mass is 16.5. The van der Waals surface area contributed by atoms with Crippen LogP contribution in [0.3, 0.4) is 0 Å². The number of rotatable bonds is 7. The summed E-state index contributed by atoms with van der Waals surface area (Å²) in [4.78, 5) is 0. The first kappa shape index (κ1) is 26.5. The zero-order valence-electron chi connectivity index (χ0n) is 22.4. The predicted octanol–water partition coefficient (Wildman–Crippen LogP) is 7.21. The first-order chi connectivity index (χ1) is 19.3. The molecule has 5 aromatic rings. The van der Waals surface area contributed by atoms with Gasteiger partial charge in [0.15, 0.2) is 0 Å². The summed E-state index contributed by atoms with van der Waals surface area (Å²) in [5.41, 5.74) is 3.77. The van der Waals surface area contributed by atoms with E-state index in [4.69, 9.17) is 9.47 Å². The lowest BCUT2D eigenvalue weighted by Gasteiger charge is -2.35. The van der Waals surface area contributed by atoms with E-state index in [1.165, 1.54) is 0 Å². The quantitative estimate of drug-likeness (QED) is 0.165. The second-order valence-electron chi connectivity index (χ2n) is 9.72. The fourth-order valence-corrected chi connectivity index (χ4v) is 5.30. The van der Waals surface area contributed by atoms with E-state index in [1.54, 1.807) is 87.0 Å². The zero-order chi connectivity index (χ0) is 28.4. The van der Waals surface area contributed by atoms with Gasteiger partial charge in [0.05, 0.1) is 25.2 Å². The number of aromatic hydroxyl groups is 4. The maximum absolute atomic E-state index is 11.4. The summed E-state index contributed by atoms with van der Waals surface area (Å²) >= 11 is 0. The molecule has 0 aliphatic rings. The van der Waals surface area contributed by atoms with Crippen LogP contribution in [-0.2, 0) is 5.41 Å². The maximum atomic E-state index is 11.4. The molecule has 0 aliphatic carbocycles. The van der Waals surface area contributed by atoms with Crippen LogP contribution in [0.2, 0.25) is 0 Å². The lowest BCUT2D eigenvalue weighted by molar-refractivity contribution is 0.370. The van der Waals surface area contributed by atoms with Gasteiger partial charge >= 0.3 is 0 Å². The fourth-order valence-electron chi connectivity index (χ4n) is 5.30. The van der Waals surface area contributed by atoms with Crippen LogP contribution in [0.25, 0.3) is 22.3 Å². The second kappa shape index (κ2) is 10.6. The summed E-state index contributed by atoms with van der Waals surface area (Å²) in [6.45, 7) is 1.92. The third kappa shape index (κ3) is 4.64. The molecule has 0 fully saturated rings. The Morgan fingerprint density at radius 3 is 1.25 bits per heavy atom. The van der Waals surface area contributed by atoms with Crippen LogP contribution < -0.4 is 9.47 Å². The molecule has 0 amide bonds. The van der Waals surface area contributed by atoms with E-state index in [9.17, 15) is 20.4 Å². The molecule has 0 radical (unpaired) electrons. The van der Waals surface area contributed by atoms with Gasteiger partial charge in [-0.15, -0.1) is 0 Å². The maximum Gasteiger partial charge on any atom is 0.127 e. The Kier molecular flexibility index (Phi) is 7.01. The van der Waals surface area contributed by atoms with Crippen LogP contribution in [0.5, 0.6) is 34.5 Å². The Morgan fingerprint density at radius 2 is 0.875 bits per heavy atom. The average Bonchev–Trinajstić information content (AvgIpc) is 2.97. The number of benzene rings is 5. The molecule has 0 aromatic heterocycles. The molecule has 202 valence electrons. The van der Waals surface area contributed by atoms with Gasteiger partial charge in [-0.05, 0) is 89.8 Å². The van der Waals surface area contributed by atoms with E-state index in [2.05, 4.69) is 0 Å². The average molecular weight is 535 g/mol. The topological polar surface area (TPSA) is 99.4 Å². The minimum absolute atomic E-state index is 0.0208. The van der Waals surface area contributed by atoms with Crippen molar-refractivity contribution in [2.24, 2.45) is 0 Å². The lowest BCUT2D eigenvalue weighted by Crippen LogP contribution is -2.27. The summed E-state index contributed by atoms with van der Waals surface area (Å²) in [6, 6.07) is 29.7. The van der Waals surface area contributed by atoms with E-state index in [0.717, 1.165) is 22.3 Å². The molecule has 0 atom stereocenters. The SMILES string of the molecule is COc1cccc(OC)c1C(C)(c1cc(-c2ccc(O)cc2)ccc1O)c1cc(-c2ccc(O)cc2)ccc1O. The van der Waals surface area contributed by atoms with Gasteiger partial charge in [-0.1, -0.05) is 42.5 Å².